The molecule has 0 aliphatic rings. The van der Waals surface area contributed by atoms with Gasteiger partial charge in [-0.15, -0.1) is 0 Å². The van der Waals surface area contributed by atoms with Crippen molar-refractivity contribution in [2.24, 2.45) is 0 Å². The highest BCUT2D eigenvalue weighted by Gasteiger charge is 2.20. The molecule has 0 saturated heterocycles. The van der Waals surface area contributed by atoms with E-state index < -0.39 is 6.04 Å². The summed E-state index contributed by atoms with van der Waals surface area (Å²) >= 11 is 0. The number of nitriles is 1. The van der Waals surface area contributed by atoms with E-state index in [1.807, 2.05) is 37.3 Å². The van der Waals surface area contributed by atoms with E-state index in [-0.39, 0.29) is 18.4 Å². The quantitative estimate of drug-likeness (QED) is 0.791. The minimum Gasteiger partial charge on any atom is -0.325 e. The molecular weight excluding hydrogens is 340 g/mol. The van der Waals surface area contributed by atoms with E-state index in [2.05, 4.69) is 10.6 Å². The Morgan fingerprint density at radius 2 is 1.78 bits per heavy atom. The van der Waals surface area contributed by atoms with Crippen molar-refractivity contribution in [3.8, 4) is 6.07 Å². The number of amides is 2. The maximum absolute atomic E-state index is 12.4. The first-order valence-corrected chi connectivity index (χ1v) is 8.83. The molecule has 0 heterocycles. The lowest BCUT2D eigenvalue weighted by atomic mass is 10.1. The standard InChI is InChI=1S/C21H24N4O2/c1-4-17-7-5-6-8-19(17)24-20(26)14-25(3)15(2)21(27)23-18-11-9-16(13-22)10-12-18/h5-12,15H,4,14H2,1-3H3,(H,23,27)(H,24,26)/t15-/m0/s1. The predicted octanol–water partition coefficient (Wildman–Crippen LogP) is 3.02. The maximum atomic E-state index is 12.4. The fourth-order valence-electron chi connectivity index (χ4n) is 2.58. The third-order valence-electron chi connectivity index (χ3n) is 4.39. The minimum atomic E-state index is -0.493. The first-order chi connectivity index (χ1) is 12.9. The Hall–Kier alpha value is -3.17. The number of para-hydroxylation sites is 1. The largest absolute Gasteiger partial charge is 0.325 e. The van der Waals surface area contributed by atoms with Crippen LogP contribution in [0.2, 0.25) is 0 Å². The number of nitrogens with zero attached hydrogens (tertiary/aromatic N) is 2. The van der Waals surface area contributed by atoms with E-state index in [0.717, 1.165) is 17.7 Å². The Bertz CT molecular complexity index is 840. The number of anilines is 2. The number of carbonyl (C=O) groups is 2. The highest BCUT2D eigenvalue weighted by molar-refractivity contribution is 5.96. The molecule has 2 N–H and O–H groups in total. The number of carbonyl (C=O) groups excluding carboxylic acids is 2. The number of nitrogens with one attached hydrogen (secondary N) is 2. The van der Waals surface area contributed by atoms with Crippen molar-refractivity contribution in [2.45, 2.75) is 26.3 Å². The van der Waals surface area contributed by atoms with Gasteiger partial charge in [0.25, 0.3) is 0 Å². The van der Waals surface area contributed by atoms with Crippen LogP contribution in [0.15, 0.2) is 48.5 Å². The summed E-state index contributed by atoms with van der Waals surface area (Å²) in [5, 5.41) is 14.5. The second kappa shape index (κ2) is 9.51. The van der Waals surface area contributed by atoms with Crippen LogP contribution in [0.5, 0.6) is 0 Å². The molecule has 2 amide bonds. The Labute approximate surface area is 159 Å². The van der Waals surface area contributed by atoms with E-state index in [0.29, 0.717) is 11.3 Å². The lowest BCUT2D eigenvalue weighted by Gasteiger charge is -2.23. The molecule has 0 fully saturated rings. The summed E-state index contributed by atoms with van der Waals surface area (Å²) in [6.07, 6.45) is 0.829. The Morgan fingerprint density at radius 3 is 2.41 bits per heavy atom. The molecule has 27 heavy (non-hydrogen) atoms. The van der Waals surface area contributed by atoms with Gasteiger partial charge in [-0.2, -0.15) is 5.26 Å². The van der Waals surface area contributed by atoms with E-state index >= 15 is 0 Å². The minimum absolute atomic E-state index is 0.0972. The number of benzene rings is 2. The van der Waals surface area contributed by atoms with Gasteiger partial charge in [0.1, 0.15) is 0 Å². The van der Waals surface area contributed by atoms with Gasteiger partial charge in [-0.25, -0.2) is 0 Å². The molecule has 0 saturated carbocycles. The molecule has 0 aromatic heterocycles. The molecule has 140 valence electrons. The second-order valence-corrected chi connectivity index (χ2v) is 6.33. The third kappa shape index (κ3) is 5.66. The summed E-state index contributed by atoms with van der Waals surface area (Å²) in [7, 11) is 1.73. The van der Waals surface area contributed by atoms with Gasteiger partial charge in [-0.1, -0.05) is 25.1 Å². The molecule has 6 heteroatoms. The molecule has 0 radical (unpaired) electrons. The lowest BCUT2D eigenvalue weighted by molar-refractivity contribution is -0.122. The van der Waals surface area contributed by atoms with E-state index in [4.69, 9.17) is 5.26 Å². The van der Waals surface area contributed by atoms with Crippen LogP contribution in [-0.4, -0.2) is 36.3 Å². The van der Waals surface area contributed by atoms with Crippen molar-refractivity contribution in [3.05, 3.63) is 59.7 Å². The Balaban J connectivity index is 1.91. The monoisotopic (exact) mass is 364 g/mol. The zero-order valence-corrected chi connectivity index (χ0v) is 15.8. The van der Waals surface area contributed by atoms with Gasteiger partial charge in [-0.05, 0) is 56.3 Å². The van der Waals surface area contributed by atoms with Gasteiger partial charge in [0.15, 0.2) is 0 Å². The molecule has 0 bridgehead atoms. The van der Waals surface area contributed by atoms with E-state index in [9.17, 15) is 9.59 Å². The highest BCUT2D eigenvalue weighted by atomic mass is 16.2. The number of rotatable bonds is 7. The zero-order valence-electron chi connectivity index (χ0n) is 15.8. The van der Waals surface area contributed by atoms with Crippen LogP contribution in [-0.2, 0) is 16.0 Å². The van der Waals surface area contributed by atoms with Gasteiger partial charge in [-0.3, -0.25) is 14.5 Å². The second-order valence-electron chi connectivity index (χ2n) is 6.33. The van der Waals surface area contributed by atoms with Gasteiger partial charge in [0, 0.05) is 11.4 Å². The van der Waals surface area contributed by atoms with Gasteiger partial charge < -0.3 is 10.6 Å². The third-order valence-corrected chi connectivity index (χ3v) is 4.39. The highest BCUT2D eigenvalue weighted by Crippen LogP contribution is 2.15. The Kier molecular flexibility index (Phi) is 7.09. The smallest absolute Gasteiger partial charge is 0.241 e. The van der Waals surface area contributed by atoms with Crippen LogP contribution in [0.4, 0.5) is 11.4 Å². The Morgan fingerprint density at radius 1 is 1.11 bits per heavy atom. The van der Waals surface area contributed by atoms with Gasteiger partial charge in [0.2, 0.25) is 11.8 Å². The average molecular weight is 364 g/mol. The van der Waals surface area contributed by atoms with Crippen molar-refractivity contribution < 1.29 is 9.59 Å². The van der Waals surface area contributed by atoms with Crippen LogP contribution in [0.25, 0.3) is 0 Å². The van der Waals surface area contributed by atoms with Crippen LogP contribution in [0, 0.1) is 11.3 Å². The zero-order chi connectivity index (χ0) is 19.8. The van der Waals surface area contributed by atoms with Crippen LogP contribution >= 0.6 is 0 Å². The SMILES string of the molecule is CCc1ccccc1NC(=O)CN(C)[C@@H](C)C(=O)Nc1ccc(C#N)cc1. The van der Waals surface area contributed by atoms with E-state index in [1.165, 1.54) is 0 Å². The van der Waals surface area contributed by atoms with Crippen molar-refractivity contribution in [3.63, 3.8) is 0 Å². The number of aryl methyl sites for hydroxylation is 1. The first kappa shape index (κ1) is 20.1. The fraction of sp³-hybridized carbons (Fsp3) is 0.286. The summed E-state index contributed by atoms with van der Waals surface area (Å²) in [6.45, 7) is 3.87. The van der Waals surface area contributed by atoms with Crippen LogP contribution in [0.1, 0.15) is 25.0 Å². The molecule has 6 nitrogen and oxygen atoms in total. The summed E-state index contributed by atoms with van der Waals surface area (Å²) in [5.41, 5.74) is 3.01. The summed E-state index contributed by atoms with van der Waals surface area (Å²) in [5.74, 6) is -0.389. The van der Waals surface area contributed by atoms with Gasteiger partial charge >= 0.3 is 0 Å². The topological polar surface area (TPSA) is 85.2 Å². The predicted molar refractivity (Wildman–Crippen MR) is 106 cm³/mol. The van der Waals surface area contributed by atoms with Crippen LogP contribution in [0.3, 0.4) is 0 Å². The molecule has 2 rings (SSSR count). The fourth-order valence-corrected chi connectivity index (χ4v) is 2.58. The number of hydrogen-bond donors (Lipinski definition) is 2. The summed E-state index contributed by atoms with van der Waals surface area (Å²) < 4.78 is 0. The van der Waals surface area contributed by atoms with Gasteiger partial charge in [0.05, 0.1) is 24.2 Å². The molecule has 0 aliphatic heterocycles. The first-order valence-electron chi connectivity index (χ1n) is 8.83. The normalized spacial score (nSPS) is 11.5. The van der Waals surface area contributed by atoms with Crippen LogP contribution < -0.4 is 10.6 Å². The molecule has 0 aliphatic carbocycles. The molecule has 0 spiro atoms. The van der Waals surface area contributed by atoms with E-state index in [1.54, 1.807) is 43.1 Å². The molecule has 2 aromatic carbocycles. The average Bonchev–Trinajstić information content (AvgIpc) is 2.68. The van der Waals surface area contributed by atoms with Crippen molar-refractivity contribution in [2.75, 3.05) is 24.2 Å². The summed E-state index contributed by atoms with van der Waals surface area (Å²) in [4.78, 5) is 26.4. The van der Waals surface area contributed by atoms with Crippen molar-refractivity contribution in [1.82, 2.24) is 4.90 Å². The molecule has 2 aromatic rings. The molecular formula is C21H24N4O2. The summed E-state index contributed by atoms with van der Waals surface area (Å²) in [6, 6.07) is 15.9. The van der Waals surface area contributed by atoms with Crippen molar-refractivity contribution >= 4 is 23.2 Å². The maximum Gasteiger partial charge on any atom is 0.241 e. The molecule has 1 atom stereocenters. The number of likely N-dealkylation sites (N-methyl/N-ethyl adjacent to an activating group) is 1. The molecule has 0 unspecified atom stereocenters. The lowest BCUT2D eigenvalue weighted by Crippen LogP contribution is -2.43. The van der Waals surface area contributed by atoms with Crippen molar-refractivity contribution in [1.29, 1.82) is 5.26 Å². The number of hydrogen-bond acceptors (Lipinski definition) is 4.